The number of amides is 2. The van der Waals surface area contributed by atoms with E-state index in [1.807, 2.05) is 24.3 Å². The van der Waals surface area contributed by atoms with Crippen LogP contribution < -0.4 is 5.32 Å². The smallest absolute Gasteiger partial charge is 0.253 e. The molecule has 38 heavy (non-hydrogen) atoms. The Bertz CT molecular complexity index is 1360. The molecule has 0 radical (unpaired) electrons. The molecular formula is C31H35Cl2N3O2. The minimum Gasteiger partial charge on any atom is -0.347 e. The molecule has 1 aliphatic rings. The van der Waals surface area contributed by atoms with Crippen molar-refractivity contribution in [2.75, 3.05) is 33.2 Å². The van der Waals surface area contributed by atoms with Crippen LogP contribution in [-0.4, -0.2) is 54.8 Å². The molecule has 0 spiro atoms. The van der Waals surface area contributed by atoms with E-state index in [9.17, 15) is 9.59 Å². The fourth-order valence-electron chi connectivity index (χ4n) is 5.20. The normalized spacial score (nSPS) is 17.1. The first-order chi connectivity index (χ1) is 19.5. The lowest BCUT2D eigenvalue weighted by Crippen LogP contribution is -2.52. The van der Waals surface area contributed by atoms with E-state index in [2.05, 4.69) is 22.3 Å². The Labute approximate surface area is 239 Å². The van der Waals surface area contributed by atoms with Gasteiger partial charge in [0.05, 0.1) is 19.7 Å². The maximum absolute atomic E-state index is 13.2. The van der Waals surface area contributed by atoms with Crippen molar-refractivity contribution in [2.45, 2.75) is 37.6 Å². The molecule has 1 fully saturated rings. The number of nitrogens with zero attached hydrogens (tertiary/aromatic N) is 2. The number of hydrogen-bond acceptors (Lipinski definition) is 3. The third-order valence-electron chi connectivity index (χ3n) is 7.26. The van der Waals surface area contributed by atoms with Crippen LogP contribution in [0.5, 0.6) is 0 Å². The third-order valence-corrected chi connectivity index (χ3v) is 7.92. The summed E-state index contributed by atoms with van der Waals surface area (Å²) >= 11 is 12.5. The Hall–Kier alpha value is -2.86. The Balaban J connectivity index is 1.55. The standard InChI is InChI=1S/C31H35Cl2N3O2/c1-23(37)34-31(27-11-7-4-8-12-27)16-19-36(20-17-31)18-15-26(25-13-14-28(32)29(33)21-25)22-35(2)30(38)24-9-5-3-6-10-24/h3-14,21,26H,15-20,22H2,1-2H3,(H,34,37)/t26-/m1/s1/i13D,14D,21D. The topological polar surface area (TPSA) is 52.7 Å². The second-order valence-corrected chi connectivity index (χ2v) is 10.7. The van der Waals surface area contributed by atoms with Crippen molar-refractivity contribution in [2.24, 2.45) is 0 Å². The highest BCUT2D eigenvalue weighted by molar-refractivity contribution is 6.42. The van der Waals surface area contributed by atoms with Crippen LogP contribution in [0.2, 0.25) is 10.0 Å². The SMILES string of the molecule is [2H]c1c([2H])c([C@H](CCN2CCC(NC(C)=O)(c3ccccc3)CC2)CN(C)C(=O)c2ccccc2)c([2H])c(Cl)c1Cl. The fourth-order valence-corrected chi connectivity index (χ4v) is 5.45. The zero-order chi connectivity index (χ0) is 29.7. The summed E-state index contributed by atoms with van der Waals surface area (Å²) in [7, 11) is 1.71. The maximum atomic E-state index is 13.2. The summed E-state index contributed by atoms with van der Waals surface area (Å²) in [6, 6.07) is 18.6. The molecule has 1 saturated heterocycles. The molecule has 200 valence electrons. The molecule has 7 heteroatoms. The van der Waals surface area contributed by atoms with E-state index in [-0.39, 0.29) is 46.5 Å². The van der Waals surface area contributed by atoms with Crippen molar-refractivity contribution in [3.05, 3.63) is 106 Å². The molecule has 1 atom stereocenters. The van der Waals surface area contributed by atoms with Crippen molar-refractivity contribution < 1.29 is 13.7 Å². The van der Waals surface area contributed by atoms with E-state index in [4.69, 9.17) is 27.3 Å². The average Bonchev–Trinajstić information content (AvgIpc) is 2.98. The molecule has 2 amide bonds. The minimum atomic E-state index is -0.433. The van der Waals surface area contributed by atoms with Gasteiger partial charge in [0.15, 0.2) is 0 Å². The maximum Gasteiger partial charge on any atom is 0.253 e. The van der Waals surface area contributed by atoms with E-state index in [1.54, 1.807) is 43.1 Å². The van der Waals surface area contributed by atoms with Crippen LogP contribution in [0.15, 0.2) is 78.8 Å². The Morgan fingerprint density at radius 1 is 1.03 bits per heavy atom. The summed E-state index contributed by atoms with van der Waals surface area (Å²) in [4.78, 5) is 29.2. The van der Waals surface area contributed by atoms with Gasteiger partial charge in [0.25, 0.3) is 5.91 Å². The van der Waals surface area contributed by atoms with Gasteiger partial charge < -0.3 is 15.1 Å². The quantitative estimate of drug-likeness (QED) is 0.334. The van der Waals surface area contributed by atoms with Gasteiger partial charge in [-0.25, -0.2) is 0 Å². The van der Waals surface area contributed by atoms with E-state index in [0.29, 0.717) is 24.1 Å². The number of halogens is 2. The molecule has 5 nitrogen and oxygen atoms in total. The van der Waals surface area contributed by atoms with Crippen molar-refractivity contribution in [1.82, 2.24) is 15.1 Å². The molecule has 0 unspecified atom stereocenters. The van der Waals surface area contributed by atoms with E-state index in [1.165, 1.54) is 0 Å². The summed E-state index contributed by atoms with van der Waals surface area (Å²) in [5.41, 5.74) is 1.53. The van der Waals surface area contributed by atoms with Crippen LogP contribution >= 0.6 is 23.2 Å². The van der Waals surface area contributed by atoms with E-state index in [0.717, 1.165) is 31.5 Å². The van der Waals surface area contributed by atoms with Gasteiger partial charge in [0.1, 0.15) is 0 Å². The molecule has 0 saturated carbocycles. The van der Waals surface area contributed by atoms with Crippen molar-refractivity contribution >= 4 is 35.0 Å². The molecule has 1 N–H and O–H groups in total. The summed E-state index contributed by atoms with van der Waals surface area (Å²) in [6.07, 6.45) is 2.02. The highest BCUT2D eigenvalue weighted by Gasteiger charge is 2.37. The monoisotopic (exact) mass is 554 g/mol. The number of piperidine rings is 1. The van der Waals surface area contributed by atoms with Crippen LogP contribution in [0.3, 0.4) is 0 Å². The van der Waals surface area contributed by atoms with Gasteiger partial charge in [-0.15, -0.1) is 0 Å². The number of nitrogens with one attached hydrogen (secondary N) is 1. The average molecular weight is 556 g/mol. The highest BCUT2D eigenvalue weighted by atomic mass is 35.5. The molecular weight excluding hydrogens is 517 g/mol. The van der Waals surface area contributed by atoms with E-state index >= 15 is 0 Å². The Kier molecular flexibility index (Phi) is 8.15. The molecule has 1 aliphatic heterocycles. The van der Waals surface area contributed by atoms with Crippen LogP contribution in [0, 0.1) is 0 Å². The van der Waals surface area contributed by atoms with Gasteiger partial charge in [-0.1, -0.05) is 77.8 Å². The number of likely N-dealkylation sites (N-methyl/N-ethyl adjacent to an activating group) is 1. The van der Waals surface area contributed by atoms with E-state index < -0.39 is 11.5 Å². The van der Waals surface area contributed by atoms with Gasteiger partial charge in [-0.3, -0.25) is 9.59 Å². The number of benzene rings is 3. The Morgan fingerprint density at radius 3 is 2.29 bits per heavy atom. The summed E-state index contributed by atoms with van der Waals surface area (Å²) < 4.78 is 25.6. The van der Waals surface area contributed by atoms with Gasteiger partial charge >= 0.3 is 0 Å². The predicted octanol–water partition coefficient (Wildman–Crippen LogP) is 6.37. The molecule has 0 aromatic heterocycles. The fraction of sp³-hybridized carbons (Fsp3) is 0.355. The molecule has 0 bridgehead atoms. The number of carbonyl (C=O) groups is 2. The van der Waals surface area contributed by atoms with Crippen LogP contribution in [0.1, 0.15) is 57.7 Å². The summed E-state index contributed by atoms with van der Waals surface area (Å²) in [5.74, 6) is -0.645. The van der Waals surface area contributed by atoms with Crippen molar-refractivity contribution in [3.8, 4) is 0 Å². The Morgan fingerprint density at radius 2 is 1.66 bits per heavy atom. The second-order valence-electron chi connectivity index (χ2n) is 9.92. The first kappa shape index (κ1) is 24.2. The van der Waals surface area contributed by atoms with Crippen LogP contribution in [0.4, 0.5) is 0 Å². The predicted molar refractivity (Wildman–Crippen MR) is 155 cm³/mol. The minimum absolute atomic E-state index is 0.0503. The lowest BCUT2D eigenvalue weighted by atomic mass is 9.80. The third kappa shape index (κ3) is 6.96. The highest BCUT2D eigenvalue weighted by Crippen LogP contribution is 2.34. The van der Waals surface area contributed by atoms with Gasteiger partial charge in [-0.05, 0) is 61.2 Å². The first-order valence-corrected chi connectivity index (χ1v) is 13.6. The lowest BCUT2D eigenvalue weighted by Gasteiger charge is -2.43. The largest absolute Gasteiger partial charge is 0.347 e. The molecule has 3 aromatic carbocycles. The van der Waals surface area contributed by atoms with Crippen molar-refractivity contribution in [1.29, 1.82) is 0 Å². The molecule has 0 aliphatic carbocycles. The molecule has 1 heterocycles. The van der Waals surface area contributed by atoms with Gasteiger partial charge in [-0.2, -0.15) is 0 Å². The number of hydrogen-bond donors (Lipinski definition) is 1. The van der Waals surface area contributed by atoms with Crippen molar-refractivity contribution in [3.63, 3.8) is 0 Å². The molecule has 3 aromatic rings. The zero-order valence-electron chi connectivity index (χ0n) is 24.8. The number of likely N-dealkylation sites (tertiary alicyclic amines) is 1. The number of carbonyl (C=O) groups excluding carboxylic acids is 2. The zero-order valence-corrected chi connectivity index (χ0v) is 23.3. The van der Waals surface area contributed by atoms with Crippen LogP contribution in [0.25, 0.3) is 0 Å². The van der Waals surface area contributed by atoms with Gasteiger partial charge in [0, 0.05) is 45.1 Å². The van der Waals surface area contributed by atoms with Crippen LogP contribution in [-0.2, 0) is 10.3 Å². The lowest BCUT2D eigenvalue weighted by molar-refractivity contribution is -0.121. The molecule has 4 rings (SSSR count). The summed E-state index contributed by atoms with van der Waals surface area (Å²) in [5, 5.41) is 3.04. The first-order valence-electron chi connectivity index (χ1n) is 14.4. The second kappa shape index (κ2) is 12.8. The van der Waals surface area contributed by atoms with Gasteiger partial charge in [0.2, 0.25) is 5.91 Å². The summed E-state index contributed by atoms with van der Waals surface area (Å²) in [6.45, 7) is 3.93. The number of rotatable bonds is 9.